The largest absolute Gasteiger partial charge is 0.495 e. The summed E-state index contributed by atoms with van der Waals surface area (Å²) < 4.78 is 33.0. The highest BCUT2D eigenvalue weighted by Gasteiger charge is 2.31. The molecule has 0 radical (unpaired) electrons. The maximum atomic E-state index is 14.0. The smallest absolute Gasteiger partial charge is 0.243 e. The monoisotopic (exact) mass is 657 g/mol. The van der Waals surface area contributed by atoms with E-state index in [1.54, 1.807) is 29.2 Å². The number of halogens is 1. The Morgan fingerprint density at radius 2 is 1.64 bits per heavy atom. The third-order valence-corrected chi connectivity index (χ3v) is 8.69. The average molecular weight is 659 g/mol. The first kappa shape index (κ1) is 33.1. The number of ether oxygens (including phenoxy) is 1. The number of nitrogens with one attached hydrogen (secondary N) is 1. The summed E-state index contributed by atoms with van der Waals surface area (Å²) in [7, 11) is -2.16. The first-order chi connectivity index (χ1) is 20.0. The summed E-state index contributed by atoms with van der Waals surface area (Å²) in [5.74, 6) is -0.0257. The van der Waals surface area contributed by atoms with Gasteiger partial charge in [-0.05, 0) is 55.2 Å². The quantitative estimate of drug-likeness (QED) is 0.231. The van der Waals surface area contributed by atoms with Crippen molar-refractivity contribution in [3.8, 4) is 5.75 Å². The SMILES string of the molecule is CCC(C)NC(=O)C(Cc1ccccc1)N(Cc1cccc(Br)c1)C(=O)CCCN(c1ccccc1OC)S(C)(=O)=O. The number of para-hydroxylation sites is 2. The summed E-state index contributed by atoms with van der Waals surface area (Å²) >= 11 is 3.51. The van der Waals surface area contributed by atoms with E-state index in [1.807, 2.05) is 68.4 Å². The number of anilines is 1. The number of methoxy groups -OCH3 is 1. The number of carbonyl (C=O) groups excluding carboxylic acids is 2. The van der Waals surface area contributed by atoms with E-state index in [4.69, 9.17) is 4.74 Å². The number of hydrogen-bond donors (Lipinski definition) is 1. The maximum absolute atomic E-state index is 14.0. The van der Waals surface area contributed by atoms with Gasteiger partial charge in [0.05, 0.1) is 19.1 Å². The van der Waals surface area contributed by atoms with Crippen LogP contribution in [0.4, 0.5) is 5.69 Å². The van der Waals surface area contributed by atoms with E-state index in [-0.39, 0.29) is 43.8 Å². The van der Waals surface area contributed by atoms with Crippen LogP contribution in [0.2, 0.25) is 0 Å². The highest BCUT2D eigenvalue weighted by atomic mass is 79.9. The van der Waals surface area contributed by atoms with Crippen LogP contribution in [-0.4, -0.2) is 57.1 Å². The van der Waals surface area contributed by atoms with Crippen LogP contribution in [0.15, 0.2) is 83.3 Å². The number of carbonyl (C=O) groups is 2. The van der Waals surface area contributed by atoms with Gasteiger partial charge >= 0.3 is 0 Å². The van der Waals surface area contributed by atoms with E-state index in [2.05, 4.69) is 21.2 Å². The fourth-order valence-corrected chi connectivity index (χ4v) is 6.06. The Kier molecular flexibility index (Phi) is 12.4. The lowest BCUT2D eigenvalue weighted by Crippen LogP contribution is -2.52. The van der Waals surface area contributed by atoms with Crippen molar-refractivity contribution in [1.82, 2.24) is 10.2 Å². The van der Waals surface area contributed by atoms with E-state index in [0.29, 0.717) is 17.9 Å². The zero-order chi connectivity index (χ0) is 30.7. The van der Waals surface area contributed by atoms with Crippen molar-refractivity contribution in [3.63, 3.8) is 0 Å². The number of sulfonamides is 1. The number of nitrogens with zero attached hydrogens (tertiary/aromatic N) is 2. The van der Waals surface area contributed by atoms with Crippen LogP contribution >= 0.6 is 15.9 Å². The molecule has 0 aromatic heterocycles. The minimum absolute atomic E-state index is 0.0527. The minimum Gasteiger partial charge on any atom is -0.495 e. The van der Waals surface area contributed by atoms with Gasteiger partial charge in [0.25, 0.3) is 0 Å². The summed E-state index contributed by atoms with van der Waals surface area (Å²) in [5.41, 5.74) is 2.23. The molecule has 0 bridgehead atoms. The first-order valence-electron chi connectivity index (χ1n) is 14.0. The Morgan fingerprint density at radius 1 is 0.976 bits per heavy atom. The molecule has 8 nitrogen and oxygen atoms in total. The van der Waals surface area contributed by atoms with Crippen LogP contribution in [0.25, 0.3) is 0 Å². The predicted octanol–water partition coefficient (Wildman–Crippen LogP) is 5.56. The van der Waals surface area contributed by atoms with Crippen molar-refractivity contribution in [3.05, 3.63) is 94.5 Å². The van der Waals surface area contributed by atoms with Crippen LogP contribution in [0.5, 0.6) is 5.75 Å². The third kappa shape index (κ3) is 9.59. The third-order valence-electron chi connectivity index (χ3n) is 7.02. The normalized spacial score (nSPS) is 12.7. The van der Waals surface area contributed by atoms with E-state index in [0.717, 1.165) is 28.3 Å². The van der Waals surface area contributed by atoms with Crippen molar-refractivity contribution in [2.75, 3.05) is 24.2 Å². The number of amides is 2. The first-order valence-corrected chi connectivity index (χ1v) is 16.7. The van der Waals surface area contributed by atoms with Gasteiger partial charge in [-0.15, -0.1) is 0 Å². The van der Waals surface area contributed by atoms with Crippen LogP contribution in [0.1, 0.15) is 44.2 Å². The molecule has 42 heavy (non-hydrogen) atoms. The number of hydrogen-bond acceptors (Lipinski definition) is 5. The molecule has 226 valence electrons. The fraction of sp³-hybridized carbons (Fsp3) is 0.375. The molecule has 0 fully saturated rings. The topological polar surface area (TPSA) is 96.0 Å². The standard InChI is InChI=1S/C32H40BrN3O5S/c1-5-24(2)34-32(38)29(22-25-13-7-6-8-14-25)35(23-26-15-11-16-27(33)21-26)31(37)19-12-20-36(42(4,39)40)28-17-9-10-18-30(28)41-3/h6-11,13-18,21,24,29H,5,12,19-20,22-23H2,1-4H3,(H,34,38). The molecule has 3 rings (SSSR count). The predicted molar refractivity (Wildman–Crippen MR) is 171 cm³/mol. The van der Waals surface area contributed by atoms with Gasteiger partial charge in [0.1, 0.15) is 11.8 Å². The van der Waals surface area contributed by atoms with Gasteiger partial charge in [0, 0.05) is 36.4 Å². The summed E-state index contributed by atoms with van der Waals surface area (Å²) in [6.07, 6.45) is 2.55. The molecule has 3 aromatic rings. The average Bonchev–Trinajstić information content (AvgIpc) is 2.96. The molecule has 1 N–H and O–H groups in total. The van der Waals surface area contributed by atoms with Gasteiger partial charge in [0.2, 0.25) is 21.8 Å². The molecular formula is C32H40BrN3O5S. The van der Waals surface area contributed by atoms with Gasteiger partial charge in [-0.1, -0.05) is 77.5 Å². The highest BCUT2D eigenvalue weighted by molar-refractivity contribution is 9.10. The summed E-state index contributed by atoms with van der Waals surface area (Å²) in [6, 6.07) is 23.4. The van der Waals surface area contributed by atoms with Gasteiger partial charge in [-0.25, -0.2) is 8.42 Å². The van der Waals surface area contributed by atoms with Crippen molar-refractivity contribution >= 4 is 43.5 Å². The summed E-state index contributed by atoms with van der Waals surface area (Å²) in [5, 5.41) is 3.07. The van der Waals surface area contributed by atoms with E-state index < -0.39 is 16.1 Å². The summed E-state index contributed by atoms with van der Waals surface area (Å²) in [6.45, 7) is 4.25. The second-order valence-corrected chi connectivity index (χ2v) is 13.1. The van der Waals surface area contributed by atoms with Crippen LogP contribution < -0.4 is 14.4 Å². The number of benzene rings is 3. The minimum atomic E-state index is -3.65. The zero-order valence-corrected chi connectivity index (χ0v) is 27.0. The van der Waals surface area contributed by atoms with E-state index in [9.17, 15) is 18.0 Å². The van der Waals surface area contributed by atoms with E-state index >= 15 is 0 Å². The molecule has 0 aliphatic rings. The zero-order valence-electron chi connectivity index (χ0n) is 24.6. The molecule has 0 saturated heterocycles. The lowest BCUT2D eigenvalue weighted by atomic mass is 10.0. The molecule has 0 heterocycles. The molecule has 0 saturated carbocycles. The Bertz CT molecular complexity index is 1430. The Hall–Kier alpha value is -3.37. The second kappa shape index (κ2) is 15.7. The van der Waals surface area contributed by atoms with Crippen LogP contribution in [0.3, 0.4) is 0 Å². The second-order valence-electron chi connectivity index (χ2n) is 10.3. The van der Waals surface area contributed by atoms with Crippen molar-refractivity contribution < 1.29 is 22.7 Å². The van der Waals surface area contributed by atoms with Gasteiger partial charge in [-0.3, -0.25) is 13.9 Å². The van der Waals surface area contributed by atoms with Gasteiger partial charge in [-0.2, -0.15) is 0 Å². The molecular weight excluding hydrogens is 618 g/mol. The lowest BCUT2D eigenvalue weighted by molar-refractivity contribution is -0.141. The molecule has 2 atom stereocenters. The molecule has 3 aromatic carbocycles. The van der Waals surface area contributed by atoms with Crippen LogP contribution in [0, 0.1) is 0 Å². The molecule has 10 heteroatoms. The van der Waals surface area contributed by atoms with Crippen LogP contribution in [-0.2, 0) is 32.6 Å². The van der Waals surface area contributed by atoms with Gasteiger partial charge in [0.15, 0.2) is 0 Å². The van der Waals surface area contributed by atoms with Crippen molar-refractivity contribution in [2.45, 2.75) is 58.2 Å². The van der Waals surface area contributed by atoms with Gasteiger partial charge < -0.3 is 15.0 Å². The van der Waals surface area contributed by atoms with Crippen molar-refractivity contribution in [2.24, 2.45) is 0 Å². The Morgan fingerprint density at radius 3 is 2.29 bits per heavy atom. The Balaban J connectivity index is 1.91. The summed E-state index contributed by atoms with van der Waals surface area (Å²) in [4.78, 5) is 29.3. The highest BCUT2D eigenvalue weighted by Crippen LogP contribution is 2.30. The van der Waals surface area contributed by atoms with Crippen molar-refractivity contribution in [1.29, 1.82) is 0 Å². The fourth-order valence-electron chi connectivity index (χ4n) is 4.65. The molecule has 0 spiro atoms. The maximum Gasteiger partial charge on any atom is 0.243 e. The number of rotatable bonds is 15. The van der Waals surface area contributed by atoms with E-state index in [1.165, 1.54) is 11.4 Å². The molecule has 2 amide bonds. The lowest BCUT2D eigenvalue weighted by Gasteiger charge is -2.33. The molecule has 0 aliphatic carbocycles. The Labute approximate surface area is 258 Å². The molecule has 0 aliphatic heterocycles. The molecule has 2 unspecified atom stereocenters.